The smallest absolute Gasteiger partial charge is 0.256 e. The van der Waals surface area contributed by atoms with Crippen LogP contribution < -0.4 is 0 Å². The van der Waals surface area contributed by atoms with Gasteiger partial charge in [-0.05, 0) is 66.9 Å². The molecule has 1 unspecified atom stereocenters. The van der Waals surface area contributed by atoms with E-state index in [-0.39, 0.29) is 23.2 Å². The fraction of sp³-hybridized carbons (Fsp3) is 0.227. The highest BCUT2D eigenvalue weighted by Gasteiger charge is 2.27. The van der Waals surface area contributed by atoms with E-state index < -0.39 is 5.82 Å². The molecule has 1 fully saturated rings. The van der Waals surface area contributed by atoms with Crippen molar-refractivity contribution >= 4 is 5.91 Å². The van der Waals surface area contributed by atoms with Gasteiger partial charge in [0.05, 0.1) is 5.56 Å². The van der Waals surface area contributed by atoms with Crippen LogP contribution in [0, 0.1) is 11.6 Å². The van der Waals surface area contributed by atoms with Crippen molar-refractivity contribution in [1.82, 2.24) is 9.88 Å². The lowest BCUT2D eigenvalue weighted by Gasteiger charge is -2.32. The van der Waals surface area contributed by atoms with Gasteiger partial charge in [-0.2, -0.15) is 0 Å². The first-order chi connectivity index (χ1) is 13.1. The number of nitrogens with one attached hydrogen (secondary N) is 1. The van der Waals surface area contributed by atoms with Gasteiger partial charge in [-0.25, -0.2) is 8.78 Å². The van der Waals surface area contributed by atoms with Crippen molar-refractivity contribution in [3.05, 3.63) is 83.6 Å². The molecule has 1 saturated heterocycles. The molecule has 4 rings (SSSR count). The predicted molar refractivity (Wildman–Crippen MR) is 100 cm³/mol. The number of aromatic amines is 1. The highest BCUT2D eigenvalue weighted by Crippen LogP contribution is 2.30. The summed E-state index contributed by atoms with van der Waals surface area (Å²) in [6.07, 6.45) is 1.83. The number of piperidine rings is 1. The van der Waals surface area contributed by atoms with Crippen LogP contribution in [-0.2, 0) is 0 Å². The second-order valence-electron chi connectivity index (χ2n) is 6.90. The third-order valence-corrected chi connectivity index (χ3v) is 5.12. The second-order valence-corrected chi connectivity index (χ2v) is 6.90. The molecule has 2 aromatic carbocycles. The molecule has 1 aliphatic rings. The molecule has 3 nitrogen and oxygen atoms in total. The maximum Gasteiger partial charge on any atom is 0.256 e. The summed E-state index contributed by atoms with van der Waals surface area (Å²) >= 11 is 0. The lowest BCUT2D eigenvalue weighted by Crippen LogP contribution is -2.39. The van der Waals surface area contributed by atoms with Crippen molar-refractivity contribution in [2.24, 2.45) is 0 Å². The summed E-state index contributed by atoms with van der Waals surface area (Å²) < 4.78 is 27.1. The summed E-state index contributed by atoms with van der Waals surface area (Å²) in [5.74, 6) is -0.838. The van der Waals surface area contributed by atoms with Crippen LogP contribution in [0.2, 0.25) is 0 Å². The maximum absolute atomic E-state index is 14.0. The standard InChI is InChI=1S/C22H20F2N2O/c23-17-9-7-15(8-10-17)20-11-12-21(25-20)16-4-3-13-26(14-16)22(27)18-5-1-2-6-19(18)24/h1-2,5-12,16,25H,3-4,13-14H2. The van der Waals surface area contributed by atoms with E-state index in [4.69, 9.17) is 0 Å². The molecule has 1 atom stereocenters. The fourth-order valence-electron chi connectivity index (χ4n) is 3.67. The predicted octanol–water partition coefficient (Wildman–Crippen LogP) is 4.98. The molecule has 0 radical (unpaired) electrons. The van der Waals surface area contributed by atoms with E-state index in [1.165, 1.54) is 24.3 Å². The summed E-state index contributed by atoms with van der Waals surface area (Å²) in [5.41, 5.74) is 3.00. The molecule has 0 saturated carbocycles. The number of benzene rings is 2. The Bertz CT molecular complexity index is 949. The molecule has 1 aromatic heterocycles. The minimum atomic E-state index is -0.483. The van der Waals surface area contributed by atoms with E-state index in [0.29, 0.717) is 13.1 Å². The summed E-state index contributed by atoms with van der Waals surface area (Å²) in [7, 11) is 0. The quantitative estimate of drug-likeness (QED) is 0.697. The Kier molecular flexibility index (Phi) is 4.75. The molecule has 1 N–H and O–H groups in total. The average molecular weight is 366 g/mol. The van der Waals surface area contributed by atoms with Gasteiger partial charge in [-0.3, -0.25) is 4.79 Å². The molecule has 0 bridgehead atoms. The Balaban J connectivity index is 1.51. The Morgan fingerprint density at radius 1 is 1.00 bits per heavy atom. The molecule has 27 heavy (non-hydrogen) atoms. The first-order valence-electron chi connectivity index (χ1n) is 9.10. The SMILES string of the molecule is O=C(c1ccccc1F)N1CCCC(c2ccc(-c3ccc(F)cc3)[nH]2)C1. The molecule has 1 aliphatic heterocycles. The fourth-order valence-corrected chi connectivity index (χ4v) is 3.67. The third kappa shape index (κ3) is 3.63. The van der Waals surface area contributed by atoms with E-state index in [9.17, 15) is 13.6 Å². The Morgan fingerprint density at radius 3 is 2.56 bits per heavy atom. The number of nitrogens with zero attached hydrogens (tertiary/aromatic N) is 1. The van der Waals surface area contributed by atoms with Gasteiger partial charge in [0.25, 0.3) is 5.91 Å². The lowest BCUT2D eigenvalue weighted by atomic mass is 9.94. The summed E-state index contributed by atoms with van der Waals surface area (Å²) in [4.78, 5) is 17.8. The molecule has 1 amide bonds. The number of likely N-dealkylation sites (tertiary alicyclic amines) is 1. The largest absolute Gasteiger partial charge is 0.358 e. The van der Waals surface area contributed by atoms with E-state index in [0.717, 1.165) is 29.8 Å². The highest BCUT2D eigenvalue weighted by molar-refractivity contribution is 5.94. The summed E-state index contributed by atoms with van der Waals surface area (Å²) in [6, 6.07) is 16.4. The van der Waals surface area contributed by atoms with Gasteiger partial charge in [0.15, 0.2) is 0 Å². The molecule has 5 heteroatoms. The van der Waals surface area contributed by atoms with Gasteiger partial charge >= 0.3 is 0 Å². The van der Waals surface area contributed by atoms with Crippen LogP contribution in [0.4, 0.5) is 8.78 Å². The number of rotatable bonds is 3. The van der Waals surface area contributed by atoms with Crippen molar-refractivity contribution in [2.45, 2.75) is 18.8 Å². The van der Waals surface area contributed by atoms with Crippen LogP contribution in [0.5, 0.6) is 0 Å². The van der Waals surface area contributed by atoms with Crippen molar-refractivity contribution in [1.29, 1.82) is 0 Å². The van der Waals surface area contributed by atoms with Crippen molar-refractivity contribution < 1.29 is 13.6 Å². The topological polar surface area (TPSA) is 36.1 Å². The first kappa shape index (κ1) is 17.5. The monoisotopic (exact) mass is 366 g/mol. The van der Waals surface area contributed by atoms with Crippen molar-refractivity contribution in [3.63, 3.8) is 0 Å². The number of hydrogen-bond donors (Lipinski definition) is 1. The molecule has 0 aliphatic carbocycles. The van der Waals surface area contributed by atoms with Gasteiger partial charge in [0.2, 0.25) is 0 Å². The molecule has 2 heterocycles. The van der Waals surface area contributed by atoms with Crippen LogP contribution in [0.25, 0.3) is 11.3 Å². The van der Waals surface area contributed by atoms with Crippen LogP contribution in [-0.4, -0.2) is 28.9 Å². The number of halogens is 2. The van der Waals surface area contributed by atoms with Crippen molar-refractivity contribution in [3.8, 4) is 11.3 Å². The van der Waals surface area contributed by atoms with Gasteiger partial charge in [0, 0.05) is 30.4 Å². The normalized spacial score (nSPS) is 17.1. The zero-order valence-corrected chi connectivity index (χ0v) is 14.8. The summed E-state index contributed by atoms with van der Waals surface area (Å²) in [6.45, 7) is 1.19. The Labute approximate surface area is 156 Å². The van der Waals surface area contributed by atoms with E-state index in [2.05, 4.69) is 4.98 Å². The maximum atomic E-state index is 14.0. The number of carbonyl (C=O) groups excluding carboxylic acids is 1. The number of H-pyrrole nitrogens is 1. The van der Waals surface area contributed by atoms with Crippen LogP contribution in [0.1, 0.15) is 34.8 Å². The van der Waals surface area contributed by atoms with Crippen LogP contribution >= 0.6 is 0 Å². The number of aromatic nitrogens is 1. The van der Waals surface area contributed by atoms with E-state index >= 15 is 0 Å². The van der Waals surface area contributed by atoms with Gasteiger partial charge < -0.3 is 9.88 Å². The molecule has 3 aromatic rings. The second kappa shape index (κ2) is 7.35. The minimum absolute atomic E-state index is 0.122. The molecular formula is C22H20F2N2O. The van der Waals surface area contributed by atoms with Crippen LogP contribution in [0.15, 0.2) is 60.7 Å². The number of amides is 1. The number of hydrogen-bond acceptors (Lipinski definition) is 1. The van der Waals surface area contributed by atoms with E-state index in [1.807, 2.05) is 12.1 Å². The van der Waals surface area contributed by atoms with Gasteiger partial charge in [-0.15, -0.1) is 0 Å². The van der Waals surface area contributed by atoms with E-state index in [1.54, 1.807) is 29.2 Å². The van der Waals surface area contributed by atoms with Crippen molar-refractivity contribution in [2.75, 3.05) is 13.1 Å². The number of carbonyl (C=O) groups is 1. The van der Waals surface area contributed by atoms with Crippen LogP contribution in [0.3, 0.4) is 0 Å². The van der Waals surface area contributed by atoms with Gasteiger partial charge in [0.1, 0.15) is 11.6 Å². The average Bonchev–Trinajstić information content (AvgIpc) is 3.19. The molecule has 138 valence electrons. The Hall–Kier alpha value is -2.95. The third-order valence-electron chi connectivity index (χ3n) is 5.12. The first-order valence-corrected chi connectivity index (χ1v) is 9.10. The zero-order valence-electron chi connectivity index (χ0n) is 14.8. The summed E-state index contributed by atoms with van der Waals surface area (Å²) in [5, 5.41) is 0. The highest BCUT2D eigenvalue weighted by atomic mass is 19.1. The Morgan fingerprint density at radius 2 is 1.78 bits per heavy atom. The zero-order chi connectivity index (χ0) is 18.8. The molecular weight excluding hydrogens is 346 g/mol. The minimum Gasteiger partial charge on any atom is -0.358 e. The lowest BCUT2D eigenvalue weighted by molar-refractivity contribution is 0.0701. The molecule has 0 spiro atoms. The van der Waals surface area contributed by atoms with Gasteiger partial charge in [-0.1, -0.05) is 12.1 Å².